The van der Waals surface area contributed by atoms with Gasteiger partial charge >= 0.3 is 5.97 Å². The number of carboxylic acids is 1. The van der Waals surface area contributed by atoms with Crippen LogP contribution in [0, 0.1) is 5.41 Å². The molecule has 1 aromatic carbocycles. The summed E-state index contributed by atoms with van der Waals surface area (Å²) in [7, 11) is 0. The molecule has 0 aliphatic rings. The Morgan fingerprint density at radius 3 is 2.35 bits per heavy atom. The fraction of sp³-hybridized carbons (Fsp3) is 0.417. The molecular formula is C12H14Cl2O3. The van der Waals surface area contributed by atoms with Crippen LogP contribution in [0.1, 0.15) is 20.8 Å². The molecule has 0 spiro atoms. The Kier molecular flexibility index (Phi) is 4.28. The molecule has 0 fully saturated rings. The molecule has 94 valence electrons. The number of hydrogen-bond acceptors (Lipinski definition) is 2. The van der Waals surface area contributed by atoms with Gasteiger partial charge in [0.05, 0.1) is 5.02 Å². The van der Waals surface area contributed by atoms with Crippen molar-refractivity contribution < 1.29 is 14.6 Å². The molecule has 1 rings (SSSR count). The van der Waals surface area contributed by atoms with Crippen molar-refractivity contribution in [3.8, 4) is 5.75 Å². The summed E-state index contributed by atoms with van der Waals surface area (Å²) in [5, 5.41) is 9.90. The highest BCUT2D eigenvalue weighted by molar-refractivity contribution is 6.35. The molecule has 0 amide bonds. The summed E-state index contributed by atoms with van der Waals surface area (Å²) in [5.74, 6) is -0.707. The highest BCUT2D eigenvalue weighted by atomic mass is 35.5. The molecule has 0 saturated carbocycles. The lowest BCUT2D eigenvalue weighted by Gasteiger charge is -2.27. The number of rotatable bonds is 3. The third-order valence-electron chi connectivity index (χ3n) is 2.15. The summed E-state index contributed by atoms with van der Waals surface area (Å²) < 4.78 is 5.44. The van der Waals surface area contributed by atoms with Crippen molar-refractivity contribution in [3.05, 3.63) is 28.2 Å². The Hall–Kier alpha value is -0.930. The first-order chi connectivity index (χ1) is 7.71. The van der Waals surface area contributed by atoms with Crippen LogP contribution in [0.15, 0.2) is 18.2 Å². The molecular weight excluding hydrogens is 263 g/mol. The van der Waals surface area contributed by atoms with E-state index in [1.54, 1.807) is 32.9 Å². The van der Waals surface area contributed by atoms with E-state index >= 15 is 0 Å². The lowest BCUT2D eigenvalue weighted by atomic mass is 9.89. The van der Waals surface area contributed by atoms with Crippen LogP contribution in [0.4, 0.5) is 0 Å². The first kappa shape index (κ1) is 14.1. The van der Waals surface area contributed by atoms with E-state index in [-0.39, 0.29) is 0 Å². The first-order valence-corrected chi connectivity index (χ1v) is 5.82. The quantitative estimate of drug-likeness (QED) is 0.912. The van der Waals surface area contributed by atoms with E-state index in [0.29, 0.717) is 15.8 Å². The van der Waals surface area contributed by atoms with Crippen LogP contribution in [0.2, 0.25) is 10.0 Å². The highest BCUT2D eigenvalue weighted by Gasteiger charge is 2.33. The SMILES string of the molecule is CC(C)(C)C(Oc1ccc(Cl)cc1Cl)C(=O)O. The van der Waals surface area contributed by atoms with E-state index < -0.39 is 17.5 Å². The Labute approximate surface area is 110 Å². The van der Waals surface area contributed by atoms with Crippen molar-refractivity contribution in [1.82, 2.24) is 0 Å². The average Bonchev–Trinajstić information content (AvgIpc) is 2.13. The van der Waals surface area contributed by atoms with Crippen LogP contribution >= 0.6 is 23.2 Å². The minimum Gasteiger partial charge on any atom is -0.478 e. The number of aliphatic carboxylic acids is 1. The summed E-state index contributed by atoms with van der Waals surface area (Å²) in [5.41, 5.74) is -0.533. The van der Waals surface area contributed by atoms with Crippen LogP contribution in [0.5, 0.6) is 5.75 Å². The molecule has 0 aromatic heterocycles. The predicted octanol–water partition coefficient (Wildman–Crippen LogP) is 3.87. The van der Waals surface area contributed by atoms with E-state index in [1.807, 2.05) is 0 Å². The summed E-state index contributed by atoms with van der Waals surface area (Å²) in [6.45, 7) is 5.36. The van der Waals surface area contributed by atoms with Crippen molar-refractivity contribution in [2.75, 3.05) is 0 Å². The molecule has 1 N–H and O–H groups in total. The topological polar surface area (TPSA) is 46.5 Å². The second kappa shape index (κ2) is 5.15. The van der Waals surface area contributed by atoms with E-state index in [4.69, 9.17) is 33.0 Å². The normalized spacial score (nSPS) is 13.2. The number of hydrogen-bond donors (Lipinski definition) is 1. The predicted molar refractivity (Wildman–Crippen MR) is 68.0 cm³/mol. The van der Waals surface area contributed by atoms with Gasteiger partial charge in [-0.05, 0) is 18.2 Å². The third-order valence-corrected chi connectivity index (χ3v) is 2.68. The van der Waals surface area contributed by atoms with Crippen molar-refractivity contribution in [2.45, 2.75) is 26.9 Å². The zero-order valence-electron chi connectivity index (χ0n) is 9.83. The van der Waals surface area contributed by atoms with Gasteiger partial charge in [-0.1, -0.05) is 44.0 Å². The van der Waals surface area contributed by atoms with Gasteiger partial charge in [-0.25, -0.2) is 4.79 Å². The molecule has 17 heavy (non-hydrogen) atoms. The third kappa shape index (κ3) is 3.79. The maximum absolute atomic E-state index is 11.1. The summed E-state index contributed by atoms with van der Waals surface area (Å²) in [4.78, 5) is 11.1. The fourth-order valence-corrected chi connectivity index (χ4v) is 1.75. The molecule has 0 aliphatic heterocycles. The maximum atomic E-state index is 11.1. The number of halogens is 2. The van der Waals surface area contributed by atoms with E-state index in [1.165, 1.54) is 6.07 Å². The molecule has 0 heterocycles. The lowest BCUT2D eigenvalue weighted by molar-refractivity contribution is -0.150. The van der Waals surface area contributed by atoms with Crippen LogP contribution in [-0.2, 0) is 4.79 Å². The van der Waals surface area contributed by atoms with Gasteiger partial charge in [-0.3, -0.25) is 0 Å². The molecule has 3 nitrogen and oxygen atoms in total. The zero-order valence-corrected chi connectivity index (χ0v) is 11.3. The zero-order chi connectivity index (χ0) is 13.2. The van der Waals surface area contributed by atoms with E-state index in [9.17, 15) is 4.79 Å². The first-order valence-electron chi connectivity index (χ1n) is 5.06. The minimum absolute atomic E-state index is 0.299. The second-order valence-corrected chi connectivity index (χ2v) is 5.62. The minimum atomic E-state index is -1.02. The van der Waals surface area contributed by atoms with Gasteiger partial charge in [-0.15, -0.1) is 0 Å². The summed E-state index contributed by atoms with van der Waals surface area (Å²) in [6.07, 6.45) is -0.971. The molecule has 5 heteroatoms. The second-order valence-electron chi connectivity index (χ2n) is 4.78. The van der Waals surface area contributed by atoms with Crippen molar-refractivity contribution in [3.63, 3.8) is 0 Å². The molecule has 1 unspecified atom stereocenters. The van der Waals surface area contributed by atoms with Crippen LogP contribution in [0.25, 0.3) is 0 Å². The monoisotopic (exact) mass is 276 g/mol. The van der Waals surface area contributed by atoms with Crippen LogP contribution in [-0.4, -0.2) is 17.2 Å². The van der Waals surface area contributed by atoms with Gasteiger partial charge in [0, 0.05) is 10.4 Å². The largest absolute Gasteiger partial charge is 0.478 e. The van der Waals surface area contributed by atoms with Gasteiger partial charge in [0.15, 0.2) is 6.10 Å². The average molecular weight is 277 g/mol. The molecule has 0 saturated heterocycles. The van der Waals surface area contributed by atoms with Gasteiger partial charge in [0.2, 0.25) is 0 Å². The maximum Gasteiger partial charge on any atom is 0.345 e. The number of carbonyl (C=O) groups is 1. The van der Waals surface area contributed by atoms with E-state index in [2.05, 4.69) is 0 Å². The van der Waals surface area contributed by atoms with Crippen LogP contribution < -0.4 is 4.74 Å². The summed E-state index contributed by atoms with van der Waals surface area (Å²) in [6, 6.07) is 4.68. The molecule has 0 radical (unpaired) electrons. The summed E-state index contributed by atoms with van der Waals surface area (Å²) >= 11 is 11.7. The van der Waals surface area contributed by atoms with E-state index in [0.717, 1.165) is 0 Å². The Bertz CT molecular complexity index is 424. The van der Waals surface area contributed by atoms with Crippen molar-refractivity contribution >= 4 is 29.2 Å². The Morgan fingerprint density at radius 1 is 1.35 bits per heavy atom. The fourth-order valence-electron chi connectivity index (χ4n) is 1.30. The van der Waals surface area contributed by atoms with Gasteiger partial charge in [0.1, 0.15) is 5.75 Å². The lowest BCUT2D eigenvalue weighted by Crippen LogP contribution is -2.39. The standard InChI is InChI=1S/C12H14Cl2O3/c1-12(2,3)10(11(15)16)17-9-5-4-7(13)6-8(9)14/h4-6,10H,1-3H3,(H,15,16). The smallest absolute Gasteiger partial charge is 0.345 e. The molecule has 1 aromatic rings. The Morgan fingerprint density at radius 2 is 1.94 bits per heavy atom. The van der Waals surface area contributed by atoms with Crippen molar-refractivity contribution in [2.24, 2.45) is 5.41 Å². The number of benzene rings is 1. The Balaban J connectivity index is 2.98. The van der Waals surface area contributed by atoms with Crippen LogP contribution in [0.3, 0.4) is 0 Å². The number of carboxylic acid groups (broad SMARTS) is 1. The molecule has 0 aliphatic carbocycles. The van der Waals surface area contributed by atoms with Crippen molar-refractivity contribution in [1.29, 1.82) is 0 Å². The molecule has 1 atom stereocenters. The van der Waals surface area contributed by atoms with Gasteiger partial charge in [0.25, 0.3) is 0 Å². The van der Waals surface area contributed by atoms with Gasteiger partial charge < -0.3 is 9.84 Å². The van der Waals surface area contributed by atoms with Gasteiger partial charge in [-0.2, -0.15) is 0 Å². The molecule has 0 bridgehead atoms. The number of ether oxygens (including phenoxy) is 1. The highest BCUT2D eigenvalue weighted by Crippen LogP contribution is 2.31.